The summed E-state index contributed by atoms with van der Waals surface area (Å²) in [6.07, 6.45) is 0.158. The molecular weight excluding hydrogens is 398 g/mol. The molecule has 11 heteroatoms. The van der Waals surface area contributed by atoms with Crippen molar-refractivity contribution in [2.24, 2.45) is 0 Å². The van der Waals surface area contributed by atoms with Crippen LogP contribution in [0.1, 0.15) is 22.3 Å². The van der Waals surface area contributed by atoms with E-state index in [1.807, 2.05) is 36.4 Å². The maximum Gasteiger partial charge on any atom is 0.277 e. The summed E-state index contributed by atoms with van der Waals surface area (Å²) in [5.74, 6) is -0.822. The number of nitriles is 1. The number of benzene rings is 2. The number of nitrogens with one attached hydrogen (secondary N) is 1. The van der Waals surface area contributed by atoms with Gasteiger partial charge in [0.05, 0.1) is 34.0 Å². The fourth-order valence-corrected chi connectivity index (χ4v) is 2.68. The maximum atomic E-state index is 12.5. The Morgan fingerprint density at radius 1 is 1.10 bits per heavy atom. The summed E-state index contributed by atoms with van der Waals surface area (Å²) >= 11 is 5.25. The molecule has 2 rings (SSSR count). The Morgan fingerprint density at radius 3 is 2.21 bits per heavy atom. The van der Waals surface area contributed by atoms with Crippen LogP contribution in [-0.2, 0) is 6.54 Å². The molecule has 10 nitrogen and oxygen atoms in total. The van der Waals surface area contributed by atoms with Crippen LogP contribution in [0.2, 0.25) is 0 Å². The number of rotatable bonds is 7. The molecule has 2 aromatic carbocycles. The number of hydrogen-bond donors (Lipinski definition) is 1. The fraction of sp³-hybridized carbons (Fsp3) is 0.167. The minimum Gasteiger partial charge on any atom is -0.344 e. The van der Waals surface area contributed by atoms with E-state index in [0.29, 0.717) is 6.54 Å². The van der Waals surface area contributed by atoms with Crippen LogP contribution in [0.5, 0.6) is 0 Å². The summed E-state index contributed by atoms with van der Waals surface area (Å²) in [7, 11) is 0. The third-order valence-electron chi connectivity index (χ3n) is 3.80. The summed E-state index contributed by atoms with van der Waals surface area (Å²) in [6, 6.07) is 13.9. The van der Waals surface area contributed by atoms with Crippen LogP contribution in [0.4, 0.5) is 11.4 Å². The predicted octanol–water partition coefficient (Wildman–Crippen LogP) is 2.93. The highest BCUT2D eigenvalue weighted by atomic mass is 32.1. The van der Waals surface area contributed by atoms with Crippen molar-refractivity contribution in [3.63, 3.8) is 0 Å². The molecule has 0 aromatic heterocycles. The minimum absolute atomic E-state index is 0.00302. The summed E-state index contributed by atoms with van der Waals surface area (Å²) in [6.45, 7) is 0.580. The first kappa shape index (κ1) is 21.4. The Bertz CT molecular complexity index is 958. The van der Waals surface area contributed by atoms with Gasteiger partial charge in [0.25, 0.3) is 17.3 Å². The first-order chi connectivity index (χ1) is 13.8. The maximum absolute atomic E-state index is 12.5. The number of amides is 1. The Morgan fingerprint density at radius 2 is 1.69 bits per heavy atom. The molecule has 0 aliphatic rings. The second-order valence-electron chi connectivity index (χ2n) is 5.83. The first-order valence-electron chi connectivity index (χ1n) is 8.27. The minimum atomic E-state index is -0.823. The number of thiocarbonyl (C=S) groups is 1. The largest absolute Gasteiger partial charge is 0.344 e. The lowest BCUT2D eigenvalue weighted by Gasteiger charge is -2.24. The lowest BCUT2D eigenvalue weighted by Crippen LogP contribution is -2.42. The summed E-state index contributed by atoms with van der Waals surface area (Å²) in [5.41, 5.74) is -0.539. The molecule has 29 heavy (non-hydrogen) atoms. The molecule has 0 spiro atoms. The van der Waals surface area contributed by atoms with Crippen molar-refractivity contribution in [3.05, 3.63) is 79.9 Å². The molecule has 0 unspecified atom stereocenters. The SMILES string of the molecule is N#CCCN(Cc1ccccc1)C(=S)NC(=O)c1cc([N+](=O)[O-])cc([N+](=O)[O-])c1. The number of nitro benzene ring substituents is 2. The van der Waals surface area contributed by atoms with Gasteiger partial charge in [0, 0.05) is 25.2 Å². The molecule has 0 bridgehead atoms. The van der Waals surface area contributed by atoms with Gasteiger partial charge in [0.2, 0.25) is 0 Å². The molecule has 0 saturated heterocycles. The smallest absolute Gasteiger partial charge is 0.277 e. The van der Waals surface area contributed by atoms with Crippen molar-refractivity contribution >= 4 is 34.6 Å². The summed E-state index contributed by atoms with van der Waals surface area (Å²) < 4.78 is 0. The normalized spacial score (nSPS) is 9.90. The van der Waals surface area contributed by atoms with Gasteiger partial charge in [-0.15, -0.1) is 0 Å². The van der Waals surface area contributed by atoms with Gasteiger partial charge in [-0.25, -0.2) is 0 Å². The van der Waals surface area contributed by atoms with Gasteiger partial charge in [-0.2, -0.15) is 5.26 Å². The van der Waals surface area contributed by atoms with E-state index in [1.54, 1.807) is 4.90 Å². The number of hydrogen-bond acceptors (Lipinski definition) is 7. The molecule has 1 amide bonds. The van der Waals surface area contributed by atoms with E-state index in [4.69, 9.17) is 17.5 Å². The van der Waals surface area contributed by atoms with Crippen molar-refractivity contribution in [3.8, 4) is 6.07 Å². The van der Waals surface area contributed by atoms with Gasteiger partial charge in [0.15, 0.2) is 5.11 Å². The highest BCUT2D eigenvalue weighted by Gasteiger charge is 2.21. The van der Waals surface area contributed by atoms with Crippen LogP contribution in [0.15, 0.2) is 48.5 Å². The second-order valence-corrected chi connectivity index (χ2v) is 6.21. The quantitative estimate of drug-likeness (QED) is 0.415. The monoisotopic (exact) mass is 413 g/mol. The molecule has 2 aromatic rings. The van der Waals surface area contributed by atoms with Gasteiger partial charge < -0.3 is 4.90 Å². The topological polar surface area (TPSA) is 142 Å². The standard InChI is InChI=1S/C18H15N5O5S/c19-7-4-8-21(12-13-5-2-1-3-6-13)18(29)20-17(24)14-9-15(22(25)26)11-16(10-14)23(27)28/h1-3,5-6,9-11H,4,8,12H2,(H,20,24,29). The molecule has 0 radical (unpaired) electrons. The molecule has 0 fully saturated rings. The lowest BCUT2D eigenvalue weighted by atomic mass is 10.1. The summed E-state index contributed by atoms with van der Waals surface area (Å²) in [4.78, 5) is 34.4. The number of carbonyl (C=O) groups is 1. The number of carbonyl (C=O) groups excluding carboxylic acids is 1. The van der Waals surface area contributed by atoms with Crippen LogP contribution in [0.25, 0.3) is 0 Å². The summed E-state index contributed by atoms with van der Waals surface area (Å²) in [5, 5.41) is 33.3. The Hall–Kier alpha value is -3.91. The van der Waals surface area contributed by atoms with E-state index in [9.17, 15) is 25.0 Å². The fourth-order valence-electron chi connectivity index (χ4n) is 2.43. The van der Waals surface area contributed by atoms with E-state index in [-0.39, 0.29) is 23.6 Å². The van der Waals surface area contributed by atoms with Crippen molar-refractivity contribution in [1.29, 1.82) is 5.26 Å². The molecule has 1 N–H and O–H groups in total. The van der Waals surface area contributed by atoms with Crippen molar-refractivity contribution in [2.75, 3.05) is 6.54 Å². The molecule has 0 heterocycles. The number of nitrogens with zero attached hydrogens (tertiary/aromatic N) is 4. The zero-order valence-electron chi connectivity index (χ0n) is 15.0. The van der Waals surface area contributed by atoms with E-state index >= 15 is 0 Å². The average Bonchev–Trinajstić information content (AvgIpc) is 2.71. The molecule has 148 valence electrons. The van der Waals surface area contributed by atoms with E-state index < -0.39 is 27.1 Å². The molecule has 0 saturated carbocycles. The van der Waals surface area contributed by atoms with E-state index in [2.05, 4.69) is 5.32 Å². The van der Waals surface area contributed by atoms with E-state index in [1.165, 1.54) is 0 Å². The van der Waals surface area contributed by atoms with Gasteiger partial charge in [-0.05, 0) is 17.8 Å². The highest BCUT2D eigenvalue weighted by Crippen LogP contribution is 2.22. The molecular formula is C18H15N5O5S. The zero-order valence-corrected chi connectivity index (χ0v) is 15.8. The Balaban J connectivity index is 2.22. The molecule has 0 atom stereocenters. The molecule has 0 aliphatic heterocycles. The van der Waals surface area contributed by atoms with Crippen LogP contribution >= 0.6 is 12.2 Å². The third kappa shape index (κ3) is 6.05. The third-order valence-corrected chi connectivity index (χ3v) is 4.16. The average molecular weight is 413 g/mol. The highest BCUT2D eigenvalue weighted by molar-refractivity contribution is 7.80. The zero-order chi connectivity index (χ0) is 21.4. The van der Waals surface area contributed by atoms with Gasteiger partial charge in [0.1, 0.15) is 0 Å². The number of nitro groups is 2. The number of non-ortho nitro benzene ring substituents is 2. The lowest BCUT2D eigenvalue weighted by molar-refractivity contribution is -0.394. The van der Waals surface area contributed by atoms with Crippen molar-refractivity contribution in [1.82, 2.24) is 10.2 Å². The van der Waals surface area contributed by atoms with Crippen LogP contribution < -0.4 is 5.32 Å². The van der Waals surface area contributed by atoms with Gasteiger partial charge in [-0.3, -0.25) is 30.3 Å². The van der Waals surface area contributed by atoms with Crippen molar-refractivity contribution in [2.45, 2.75) is 13.0 Å². The first-order valence-corrected chi connectivity index (χ1v) is 8.67. The Labute approximate surface area is 170 Å². The molecule has 0 aliphatic carbocycles. The van der Waals surface area contributed by atoms with Crippen molar-refractivity contribution < 1.29 is 14.6 Å². The van der Waals surface area contributed by atoms with Crippen LogP contribution in [0.3, 0.4) is 0 Å². The van der Waals surface area contributed by atoms with Gasteiger partial charge in [-0.1, -0.05) is 30.3 Å². The van der Waals surface area contributed by atoms with Crippen LogP contribution in [0, 0.1) is 31.6 Å². The van der Waals surface area contributed by atoms with Crippen LogP contribution in [-0.4, -0.2) is 32.3 Å². The predicted molar refractivity (Wildman–Crippen MR) is 107 cm³/mol. The van der Waals surface area contributed by atoms with E-state index in [0.717, 1.165) is 23.8 Å². The van der Waals surface area contributed by atoms with Gasteiger partial charge >= 0.3 is 0 Å². The second kappa shape index (κ2) is 9.86. The Kier molecular flexibility index (Phi) is 7.27.